The van der Waals surface area contributed by atoms with E-state index in [9.17, 15) is 9.59 Å². The molecule has 3 saturated carbocycles. The molecule has 8 heteroatoms. The van der Waals surface area contributed by atoms with E-state index in [1.807, 2.05) is 6.20 Å². The van der Waals surface area contributed by atoms with E-state index in [1.54, 1.807) is 7.11 Å². The molecule has 0 saturated heterocycles. The van der Waals surface area contributed by atoms with E-state index in [-0.39, 0.29) is 23.9 Å². The lowest BCUT2D eigenvalue weighted by Crippen LogP contribution is -2.43. The highest BCUT2D eigenvalue weighted by atomic mass is 16.5. The molecule has 3 fully saturated rings. The first-order valence-electron chi connectivity index (χ1n) is 16.4. The van der Waals surface area contributed by atoms with Crippen LogP contribution < -0.4 is 15.4 Å². The second-order valence-corrected chi connectivity index (χ2v) is 13.1. The maximum absolute atomic E-state index is 13.8. The molecule has 1 unspecified atom stereocenters. The van der Waals surface area contributed by atoms with Gasteiger partial charge in [-0.2, -0.15) is 5.10 Å². The Bertz CT molecular complexity index is 1450. The number of carbonyl (C=O) groups is 2. The van der Waals surface area contributed by atoms with Crippen molar-refractivity contribution >= 4 is 12.0 Å². The number of benzene rings is 2. The van der Waals surface area contributed by atoms with Crippen molar-refractivity contribution in [3.8, 4) is 16.9 Å². The number of nitrogens with one attached hydrogen (secondary N) is 2. The number of ether oxygens (including phenoxy) is 2. The Morgan fingerprint density at radius 1 is 0.909 bits per heavy atom. The van der Waals surface area contributed by atoms with Gasteiger partial charge in [0.2, 0.25) is 5.91 Å². The van der Waals surface area contributed by atoms with Crippen LogP contribution in [0.3, 0.4) is 0 Å². The van der Waals surface area contributed by atoms with E-state index in [4.69, 9.17) is 9.47 Å². The molecule has 3 aromatic rings. The Hall–Kier alpha value is -3.81. The average Bonchev–Trinajstić information content (AvgIpc) is 3.79. The fourth-order valence-electron chi connectivity index (χ4n) is 7.35. The number of rotatable bonds is 9. The van der Waals surface area contributed by atoms with Gasteiger partial charge >= 0.3 is 6.09 Å². The SMILES string of the molecule is COC(=O)NC1CCC(C(=O)NC(c2cccc(-c3cnn(C4CC4)c3)c2)C2CCC(c3ccc(OC)c(C)c3)CC2)CC1. The molecule has 3 aliphatic carbocycles. The highest BCUT2D eigenvalue weighted by molar-refractivity contribution is 5.79. The molecule has 6 rings (SSSR count). The normalized spacial score (nSPS) is 24.2. The molecule has 8 nitrogen and oxygen atoms in total. The Balaban J connectivity index is 1.18. The van der Waals surface area contributed by atoms with Crippen LogP contribution >= 0.6 is 0 Å². The predicted molar refractivity (Wildman–Crippen MR) is 171 cm³/mol. The molecular formula is C36H46N4O4. The number of hydrogen-bond donors (Lipinski definition) is 2. The summed E-state index contributed by atoms with van der Waals surface area (Å²) in [6.07, 6.45) is 13.5. The number of aromatic nitrogens is 2. The summed E-state index contributed by atoms with van der Waals surface area (Å²) in [5.74, 6) is 1.89. The van der Waals surface area contributed by atoms with Crippen LogP contribution in [0.5, 0.6) is 5.75 Å². The largest absolute Gasteiger partial charge is 0.496 e. The van der Waals surface area contributed by atoms with Crippen LogP contribution in [0.4, 0.5) is 4.79 Å². The van der Waals surface area contributed by atoms with Crippen LogP contribution in [-0.2, 0) is 9.53 Å². The van der Waals surface area contributed by atoms with Crippen LogP contribution in [0.1, 0.15) is 98.9 Å². The molecule has 0 spiro atoms. The zero-order valence-electron chi connectivity index (χ0n) is 26.3. The highest BCUT2D eigenvalue weighted by Crippen LogP contribution is 2.43. The second kappa shape index (κ2) is 13.4. The molecule has 2 amide bonds. The summed E-state index contributed by atoms with van der Waals surface area (Å²) < 4.78 is 12.3. The number of amides is 2. The van der Waals surface area contributed by atoms with Crippen molar-refractivity contribution < 1.29 is 19.1 Å². The molecule has 0 bridgehead atoms. The van der Waals surface area contributed by atoms with Gasteiger partial charge in [0.25, 0.3) is 0 Å². The maximum Gasteiger partial charge on any atom is 0.407 e. The van der Waals surface area contributed by atoms with Gasteiger partial charge in [-0.25, -0.2) is 4.79 Å². The topological polar surface area (TPSA) is 94.5 Å². The van der Waals surface area contributed by atoms with Crippen LogP contribution in [0.15, 0.2) is 54.9 Å². The lowest BCUT2D eigenvalue weighted by molar-refractivity contribution is -0.127. The molecule has 234 valence electrons. The third-order valence-electron chi connectivity index (χ3n) is 10.1. The van der Waals surface area contributed by atoms with E-state index in [0.29, 0.717) is 17.9 Å². The van der Waals surface area contributed by atoms with Crippen LogP contribution in [0, 0.1) is 18.8 Å². The smallest absolute Gasteiger partial charge is 0.407 e. The van der Waals surface area contributed by atoms with E-state index in [2.05, 4.69) is 76.0 Å². The summed E-state index contributed by atoms with van der Waals surface area (Å²) in [6.45, 7) is 2.11. The van der Waals surface area contributed by atoms with Gasteiger partial charge in [-0.3, -0.25) is 9.48 Å². The third-order valence-corrected chi connectivity index (χ3v) is 10.1. The molecule has 2 aromatic carbocycles. The Kier molecular flexibility index (Phi) is 9.24. The minimum Gasteiger partial charge on any atom is -0.496 e. The van der Waals surface area contributed by atoms with Gasteiger partial charge in [0, 0.05) is 23.7 Å². The fourth-order valence-corrected chi connectivity index (χ4v) is 7.35. The van der Waals surface area contributed by atoms with Crippen LogP contribution in [-0.4, -0.2) is 42.0 Å². The Labute approximate surface area is 260 Å². The van der Waals surface area contributed by atoms with Crippen molar-refractivity contribution in [2.45, 2.75) is 95.2 Å². The zero-order valence-corrected chi connectivity index (χ0v) is 26.3. The van der Waals surface area contributed by atoms with Crippen molar-refractivity contribution in [3.05, 3.63) is 71.5 Å². The third kappa shape index (κ3) is 6.95. The van der Waals surface area contributed by atoms with Crippen LogP contribution in [0.25, 0.3) is 11.1 Å². The van der Waals surface area contributed by atoms with E-state index < -0.39 is 6.09 Å². The van der Waals surface area contributed by atoms with E-state index in [0.717, 1.165) is 68.2 Å². The lowest BCUT2D eigenvalue weighted by atomic mass is 9.74. The molecule has 0 aliphatic heterocycles. The van der Waals surface area contributed by atoms with E-state index >= 15 is 0 Å². The quantitative estimate of drug-likeness (QED) is 0.271. The summed E-state index contributed by atoms with van der Waals surface area (Å²) in [7, 11) is 3.11. The number of carbonyl (C=O) groups excluding carboxylic acids is 2. The second-order valence-electron chi connectivity index (χ2n) is 13.1. The summed E-state index contributed by atoms with van der Waals surface area (Å²) in [5.41, 5.74) is 5.99. The van der Waals surface area contributed by atoms with Crippen molar-refractivity contribution in [1.82, 2.24) is 20.4 Å². The molecule has 2 N–H and O–H groups in total. The first-order valence-corrected chi connectivity index (χ1v) is 16.4. The molecular weight excluding hydrogens is 552 g/mol. The van der Waals surface area contributed by atoms with Crippen molar-refractivity contribution in [2.24, 2.45) is 11.8 Å². The molecule has 3 aliphatic rings. The Morgan fingerprint density at radius 3 is 2.36 bits per heavy atom. The molecule has 0 radical (unpaired) electrons. The summed E-state index contributed by atoms with van der Waals surface area (Å²) in [4.78, 5) is 25.5. The number of nitrogens with zero attached hydrogens (tertiary/aromatic N) is 2. The maximum atomic E-state index is 13.8. The number of alkyl carbamates (subject to hydrolysis) is 1. The van der Waals surface area contributed by atoms with Crippen molar-refractivity contribution in [1.29, 1.82) is 0 Å². The first kappa shape index (κ1) is 30.2. The van der Waals surface area contributed by atoms with E-state index in [1.165, 1.54) is 36.6 Å². The minimum absolute atomic E-state index is 0.0493. The summed E-state index contributed by atoms with van der Waals surface area (Å²) in [6, 6.07) is 15.8. The number of methoxy groups -OCH3 is 2. The zero-order chi connectivity index (χ0) is 30.6. The number of aryl methyl sites for hydroxylation is 1. The fraction of sp³-hybridized carbons (Fsp3) is 0.528. The average molecular weight is 599 g/mol. The standard InChI is InChI=1S/C36H46N4O4/c1-23-19-28(13-18-33(23)43-2)24-7-9-25(10-8-24)34(39-35(41)26-11-14-31(15-12-26)38-36(42)44-3)29-6-4-5-27(20-29)30-21-37-40(22-30)32-16-17-32/h4-6,13,18-22,24-26,31-32,34H,7-12,14-17H2,1-3H3,(H,38,42)(H,39,41). The molecule has 1 atom stereocenters. The van der Waals surface area contributed by atoms with Gasteiger partial charge in [0.15, 0.2) is 0 Å². The van der Waals surface area contributed by atoms with Gasteiger partial charge in [-0.1, -0.05) is 30.3 Å². The highest BCUT2D eigenvalue weighted by Gasteiger charge is 2.34. The molecule has 1 aromatic heterocycles. The molecule has 44 heavy (non-hydrogen) atoms. The predicted octanol–water partition coefficient (Wildman–Crippen LogP) is 7.25. The summed E-state index contributed by atoms with van der Waals surface area (Å²) in [5, 5.41) is 11.1. The van der Waals surface area contributed by atoms with Gasteiger partial charge < -0.3 is 20.1 Å². The molecule has 1 heterocycles. The minimum atomic E-state index is -0.402. The van der Waals surface area contributed by atoms with Crippen molar-refractivity contribution in [2.75, 3.05) is 14.2 Å². The Morgan fingerprint density at radius 2 is 1.68 bits per heavy atom. The first-order chi connectivity index (χ1) is 21.4. The lowest BCUT2D eigenvalue weighted by Gasteiger charge is -2.36. The van der Waals surface area contributed by atoms with Crippen LogP contribution in [0.2, 0.25) is 0 Å². The van der Waals surface area contributed by atoms with Crippen molar-refractivity contribution in [3.63, 3.8) is 0 Å². The monoisotopic (exact) mass is 598 g/mol. The van der Waals surface area contributed by atoms with Gasteiger partial charge in [-0.05, 0) is 117 Å². The van der Waals surface area contributed by atoms with Gasteiger partial charge in [0.05, 0.1) is 32.5 Å². The summed E-state index contributed by atoms with van der Waals surface area (Å²) >= 11 is 0. The van der Waals surface area contributed by atoms with Gasteiger partial charge in [0.1, 0.15) is 5.75 Å². The van der Waals surface area contributed by atoms with Gasteiger partial charge in [-0.15, -0.1) is 0 Å². The number of hydrogen-bond acceptors (Lipinski definition) is 5.